The lowest BCUT2D eigenvalue weighted by atomic mass is 9.97. The van der Waals surface area contributed by atoms with Crippen LogP contribution in [0.25, 0.3) is 0 Å². The summed E-state index contributed by atoms with van der Waals surface area (Å²) >= 11 is 3.50. The van der Waals surface area contributed by atoms with Crippen molar-refractivity contribution in [1.29, 1.82) is 0 Å². The zero-order valence-electron chi connectivity index (χ0n) is 14.5. The van der Waals surface area contributed by atoms with Crippen LogP contribution in [0.1, 0.15) is 23.6 Å². The third-order valence-electron chi connectivity index (χ3n) is 4.61. The van der Waals surface area contributed by atoms with E-state index in [0.29, 0.717) is 0 Å². The maximum atomic E-state index is 5.61. The first kappa shape index (κ1) is 16.9. The van der Waals surface area contributed by atoms with Gasteiger partial charge in [0.25, 0.3) is 0 Å². The van der Waals surface area contributed by atoms with Gasteiger partial charge in [0.1, 0.15) is 5.75 Å². The van der Waals surface area contributed by atoms with Crippen LogP contribution in [0.3, 0.4) is 0 Å². The van der Waals surface area contributed by atoms with Crippen molar-refractivity contribution in [2.45, 2.75) is 12.5 Å². The third-order valence-corrected chi connectivity index (χ3v) is 5.14. The first-order valence-corrected chi connectivity index (χ1v) is 9.36. The normalized spacial score (nSPS) is 16.5. The number of hydrogen-bond acceptors (Lipinski definition) is 3. The Kier molecular flexibility index (Phi) is 4.76. The summed E-state index contributed by atoms with van der Waals surface area (Å²) in [4.78, 5) is 0. The van der Waals surface area contributed by atoms with E-state index in [1.54, 1.807) is 7.11 Å². The molecule has 0 unspecified atom stereocenters. The fourth-order valence-electron chi connectivity index (χ4n) is 3.33. The molecule has 4 heteroatoms. The van der Waals surface area contributed by atoms with Gasteiger partial charge in [0.05, 0.1) is 24.6 Å². The fourth-order valence-corrected chi connectivity index (χ4v) is 3.59. The van der Waals surface area contributed by atoms with Crippen molar-refractivity contribution in [3.05, 3.63) is 94.5 Å². The summed E-state index contributed by atoms with van der Waals surface area (Å²) in [5, 5.41) is 7.08. The summed E-state index contributed by atoms with van der Waals surface area (Å²) in [6.07, 6.45) is 0.830. The first-order chi connectivity index (χ1) is 12.8. The number of methoxy groups -OCH3 is 1. The Hall–Kier alpha value is -2.59. The summed E-state index contributed by atoms with van der Waals surface area (Å²) in [5.41, 5.74) is 4.45. The molecule has 0 N–H and O–H groups in total. The minimum absolute atomic E-state index is 0.104. The SMILES string of the molecule is COc1ccccc1[C@H]1CC(c2ccc(Br)cc2)=NN1c1ccccc1. The summed E-state index contributed by atoms with van der Waals surface area (Å²) in [6, 6.07) is 26.9. The zero-order valence-corrected chi connectivity index (χ0v) is 16.1. The van der Waals surface area contributed by atoms with Crippen molar-refractivity contribution in [2.24, 2.45) is 5.10 Å². The number of benzene rings is 3. The van der Waals surface area contributed by atoms with Crippen LogP contribution in [0, 0.1) is 0 Å². The Labute approximate surface area is 162 Å². The van der Waals surface area contributed by atoms with Crippen LogP contribution in [-0.2, 0) is 0 Å². The predicted octanol–water partition coefficient (Wildman–Crippen LogP) is 5.81. The molecule has 1 atom stereocenters. The smallest absolute Gasteiger partial charge is 0.124 e. The van der Waals surface area contributed by atoms with Gasteiger partial charge in [0.2, 0.25) is 0 Å². The molecule has 0 bridgehead atoms. The molecule has 3 nitrogen and oxygen atoms in total. The largest absolute Gasteiger partial charge is 0.496 e. The van der Waals surface area contributed by atoms with Gasteiger partial charge in [-0.25, -0.2) is 0 Å². The molecule has 0 fully saturated rings. The molecule has 3 aromatic rings. The van der Waals surface area contributed by atoms with Crippen LogP contribution < -0.4 is 9.75 Å². The van der Waals surface area contributed by atoms with Crippen molar-refractivity contribution in [2.75, 3.05) is 12.1 Å². The molecule has 0 radical (unpaired) electrons. The number of para-hydroxylation sites is 2. The van der Waals surface area contributed by atoms with Gasteiger partial charge >= 0.3 is 0 Å². The molecule has 0 aliphatic carbocycles. The highest BCUT2D eigenvalue weighted by Crippen LogP contribution is 2.40. The van der Waals surface area contributed by atoms with Gasteiger partial charge in [-0.2, -0.15) is 5.10 Å². The number of hydrogen-bond donors (Lipinski definition) is 0. The molecule has 4 rings (SSSR count). The van der Waals surface area contributed by atoms with E-state index in [4.69, 9.17) is 9.84 Å². The standard InChI is InChI=1S/C22H19BrN2O/c1-26-22-10-6-5-9-19(22)21-15-20(16-11-13-17(23)14-12-16)24-25(21)18-7-3-2-4-8-18/h2-14,21H,15H2,1H3/t21-/m1/s1. The molecule has 0 aromatic heterocycles. The van der Waals surface area contributed by atoms with E-state index in [2.05, 4.69) is 69.5 Å². The molecular formula is C22H19BrN2O. The molecular weight excluding hydrogens is 388 g/mol. The number of nitrogens with zero attached hydrogens (tertiary/aromatic N) is 2. The van der Waals surface area contributed by atoms with Crippen LogP contribution in [0.15, 0.2) is 88.4 Å². The number of hydrazone groups is 1. The zero-order chi connectivity index (χ0) is 17.9. The van der Waals surface area contributed by atoms with Crippen molar-refractivity contribution < 1.29 is 4.74 Å². The Morgan fingerprint density at radius 3 is 2.35 bits per heavy atom. The maximum absolute atomic E-state index is 5.61. The van der Waals surface area contributed by atoms with Crippen LogP contribution in [0.2, 0.25) is 0 Å². The summed E-state index contributed by atoms with van der Waals surface area (Å²) in [6.45, 7) is 0. The highest BCUT2D eigenvalue weighted by molar-refractivity contribution is 9.10. The van der Waals surface area contributed by atoms with E-state index >= 15 is 0 Å². The molecule has 3 aromatic carbocycles. The monoisotopic (exact) mass is 406 g/mol. The number of anilines is 1. The Bertz CT molecular complexity index is 922. The van der Waals surface area contributed by atoms with Crippen LogP contribution in [0.5, 0.6) is 5.75 Å². The lowest BCUT2D eigenvalue weighted by molar-refractivity contribution is 0.405. The van der Waals surface area contributed by atoms with E-state index < -0.39 is 0 Å². The Morgan fingerprint density at radius 1 is 0.923 bits per heavy atom. The fraction of sp³-hybridized carbons (Fsp3) is 0.136. The molecule has 0 saturated carbocycles. The average molecular weight is 407 g/mol. The molecule has 0 spiro atoms. The number of halogens is 1. The summed E-state index contributed by atoms with van der Waals surface area (Å²) < 4.78 is 6.69. The van der Waals surface area contributed by atoms with Gasteiger partial charge in [-0.1, -0.05) is 64.5 Å². The second-order valence-electron chi connectivity index (χ2n) is 6.20. The highest BCUT2D eigenvalue weighted by Gasteiger charge is 2.31. The quantitative estimate of drug-likeness (QED) is 0.545. The first-order valence-electron chi connectivity index (χ1n) is 8.57. The van der Waals surface area contributed by atoms with Crippen molar-refractivity contribution >= 4 is 27.3 Å². The number of ether oxygens (including phenoxy) is 1. The van der Waals surface area contributed by atoms with Crippen LogP contribution in [-0.4, -0.2) is 12.8 Å². The Morgan fingerprint density at radius 2 is 1.62 bits per heavy atom. The topological polar surface area (TPSA) is 24.8 Å². The van der Waals surface area contributed by atoms with Gasteiger partial charge in [-0.3, -0.25) is 5.01 Å². The maximum Gasteiger partial charge on any atom is 0.124 e. The van der Waals surface area contributed by atoms with Crippen molar-refractivity contribution in [1.82, 2.24) is 0 Å². The molecule has 1 aliphatic heterocycles. The van der Waals surface area contributed by atoms with Gasteiger partial charge in [-0.15, -0.1) is 0 Å². The minimum Gasteiger partial charge on any atom is -0.496 e. The molecule has 1 aliphatic rings. The van der Waals surface area contributed by atoms with Crippen LogP contribution >= 0.6 is 15.9 Å². The van der Waals surface area contributed by atoms with E-state index in [1.807, 2.05) is 30.3 Å². The molecule has 1 heterocycles. The highest BCUT2D eigenvalue weighted by atomic mass is 79.9. The molecule has 0 saturated heterocycles. The lowest BCUT2D eigenvalue weighted by Crippen LogP contribution is -2.19. The summed E-state index contributed by atoms with van der Waals surface area (Å²) in [5.74, 6) is 0.894. The third kappa shape index (κ3) is 3.25. The van der Waals surface area contributed by atoms with Gasteiger partial charge in [0, 0.05) is 16.5 Å². The van der Waals surface area contributed by atoms with E-state index in [1.165, 1.54) is 0 Å². The molecule has 26 heavy (non-hydrogen) atoms. The summed E-state index contributed by atoms with van der Waals surface area (Å²) in [7, 11) is 1.72. The van der Waals surface area contributed by atoms with Crippen LogP contribution in [0.4, 0.5) is 5.69 Å². The second kappa shape index (κ2) is 7.34. The minimum atomic E-state index is 0.104. The second-order valence-corrected chi connectivity index (χ2v) is 7.11. The van der Waals surface area contributed by atoms with Crippen molar-refractivity contribution in [3.8, 4) is 5.75 Å². The number of rotatable bonds is 4. The van der Waals surface area contributed by atoms with E-state index in [-0.39, 0.29) is 6.04 Å². The Balaban J connectivity index is 1.77. The van der Waals surface area contributed by atoms with E-state index in [9.17, 15) is 0 Å². The van der Waals surface area contributed by atoms with Crippen molar-refractivity contribution in [3.63, 3.8) is 0 Å². The lowest BCUT2D eigenvalue weighted by Gasteiger charge is -2.25. The molecule has 0 amide bonds. The van der Waals surface area contributed by atoms with Gasteiger partial charge < -0.3 is 4.74 Å². The van der Waals surface area contributed by atoms with Gasteiger partial charge in [0.15, 0.2) is 0 Å². The predicted molar refractivity (Wildman–Crippen MR) is 110 cm³/mol. The average Bonchev–Trinajstić information content (AvgIpc) is 3.14. The van der Waals surface area contributed by atoms with E-state index in [0.717, 1.165) is 39.2 Å². The van der Waals surface area contributed by atoms with Gasteiger partial charge in [-0.05, 0) is 35.9 Å². The molecule has 130 valence electrons.